The summed E-state index contributed by atoms with van der Waals surface area (Å²) in [5, 5.41) is 10.5. The normalized spacial score (nSPS) is 23.4. The number of rotatable bonds is 6. The molecule has 0 aromatic rings. The molecule has 2 fully saturated rings. The molecule has 0 atom stereocenters. The van der Waals surface area contributed by atoms with E-state index in [0.717, 1.165) is 71.4 Å². The Morgan fingerprint density at radius 3 is 2.41 bits per heavy atom. The molecule has 1 saturated carbocycles. The second kappa shape index (κ2) is 8.27. The molecule has 5 nitrogen and oxygen atoms in total. The third-order valence-electron chi connectivity index (χ3n) is 5.25. The molecular formula is C17H33N3O2. The van der Waals surface area contributed by atoms with Gasteiger partial charge in [0.2, 0.25) is 5.91 Å². The van der Waals surface area contributed by atoms with Gasteiger partial charge in [0.25, 0.3) is 0 Å². The molecule has 2 aliphatic rings. The standard InChI is InChI=1S/C17H33N3O2/c1-18-11-13-20(14-12-18)10-6-9-19(2)16(21)15-17(22)7-4-3-5-8-17/h22H,3-15H2,1-2H3. The van der Waals surface area contributed by atoms with Gasteiger partial charge in [-0.05, 0) is 32.9 Å². The lowest BCUT2D eigenvalue weighted by atomic mass is 9.82. The third kappa shape index (κ3) is 5.52. The first-order valence-electron chi connectivity index (χ1n) is 8.86. The summed E-state index contributed by atoms with van der Waals surface area (Å²) in [7, 11) is 4.04. The monoisotopic (exact) mass is 311 g/mol. The molecule has 0 bridgehead atoms. The number of likely N-dealkylation sites (N-methyl/N-ethyl adjacent to an activating group) is 1. The highest BCUT2D eigenvalue weighted by atomic mass is 16.3. The fraction of sp³-hybridized carbons (Fsp3) is 0.941. The van der Waals surface area contributed by atoms with Gasteiger partial charge in [-0.1, -0.05) is 19.3 Å². The number of nitrogens with zero attached hydrogens (tertiary/aromatic N) is 3. The number of amides is 1. The van der Waals surface area contributed by atoms with Crippen molar-refractivity contribution in [1.29, 1.82) is 0 Å². The van der Waals surface area contributed by atoms with E-state index in [0.29, 0.717) is 6.42 Å². The maximum absolute atomic E-state index is 12.3. The Morgan fingerprint density at radius 1 is 1.14 bits per heavy atom. The van der Waals surface area contributed by atoms with E-state index in [1.54, 1.807) is 0 Å². The van der Waals surface area contributed by atoms with Crippen LogP contribution in [0.3, 0.4) is 0 Å². The lowest BCUT2D eigenvalue weighted by Gasteiger charge is -2.34. The van der Waals surface area contributed by atoms with Gasteiger partial charge in [0, 0.05) is 39.8 Å². The van der Waals surface area contributed by atoms with Gasteiger partial charge in [0.1, 0.15) is 0 Å². The molecule has 1 amide bonds. The Morgan fingerprint density at radius 2 is 1.77 bits per heavy atom. The summed E-state index contributed by atoms with van der Waals surface area (Å²) in [6, 6.07) is 0. The zero-order valence-corrected chi connectivity index (χ0v) is 14.4. The maximum atomic E-state index is 12.3. The van der Waals surface area contributed by atoms with E-state index in [4.69, 9.17) is 0 Å². The molecule has 22 heavy (non-hydrogen) atoms. The van der Waals surface area contributed by atoms with E-state index in [1.165, 1.54) is 6.42 Å². The van der Waals surface area contributed by atoms with Crippen LogP contribution in [0, 0.1) is 0 Å². The summed E-state index contributed by atoms with van der Waals surface area (Å²) in [6.07, 6.45) is 6.19. The predicted molar refractivity (Wildman–Crippen MR) is 88.8 cm³/mol. The van der Waals surface area contributed by atoms with Crippen molar-refractivity contribution in [2.75, 3.05) is 53.4 Å². The topological polar surface area (TPSA) is 47.0 Å². The predicted octanol–water partition coefficient (Wildman–Crippen LogP) is 1.17. The van der Waals surface area contributed by atoms with Crippen LogP contribution in [0.25, 0.3) is 0 Å². The van der Waals surface area contributed by atoms with Gasteiger partial charge in [0.05, 0.1) is 12.0 Å². The van der Waals surface area contributed by atoms with Crippen LogP contribution in [-0.4, -0.2) is 84.7 Å². The van der Waals surface area contributed by atoms with E-state index >= 15 is 0 Å². The van der Waals surface area contributed by atoms with Crippen LogP contribution in [0.2, 0.25) is 0 Å². The molecule has 1 aliphatic carbocycles. The first kappa shape index (κ1) is 17.7. The molecule has 0 radical (unpaired) electrons. The van der Waals surface area contributed by atoms with Crippen molar-refractivity contribution in [3.63, 3.8) is 0 Å². The van der Waals surface area contributed by atoms with Gasteiger partial charge in [-0.15, -0.1) is 0 Å². The summed E-state index contributed by atoms with van der Waals surface area (Å²) < 4.78 is 0. The molecule has 1 aliphatic heterocycles. The smallest absolute Gasteiger partial charge is 0.225 e. The number of aliphatic hydroxyl groups is 1. The van der Waals surface area contributed by atoms with Crippen molar-refractivity contribution in [3.8, 4) is 0 Å². The van der Waals surface area contributed by atoms with Crippen molar-refractivity contribution >= 4 is 5.91 Å². The first-order valence-corrected chi connectivity index (χ1v) is 8.86. The van der Waals surface area contributed by atoms with Crippen LogP contribution in [-0.2, 0) is 4.79 Å². The summed E-state index contributed by atoms with van der Waals surface area (Å²) in [4.78, 5) is 18.9. The Kier molecular flexibility index (Phi) is 6.66. The van der Waals surface area contributed by atoms with Crippen LogP contribution in [0.1, 0.15) is 44.9 Å². The second-order valence-electron chi connectivity index (χ2n) is 7.28. The minimum Gasteiger partial charge on any atom is -0.389 e. The number of hydrogen-bond acceptors (Lipinski definition) is 4. The molecule has 1 heterocycles. The van der Waals surface area contributed by atoms with Gasteiger partial charge in [-0.25, -0.2) is 0 Å². The lowest BCUT2D eigenvalue weighted by Crippen LogP contribution is -2.45. The molecule has 0 unspecified atom stereocenters. The van der Waals surface area contributed by atoms with Crippen molar-refractivity contribution in [2.24, 2.45) is 0 Å². The van der Waals surface area contributed by atoms with E-state index in [2.05, 4.69) is 16.8 Å². The number of carbonyl (C=O) groups excluding carboxylic acids is 1. The highest BCUT2D eigenvalue weighted by Gasteiger charge is 2.32. The largest absolute Gasteiger partial charge is 0.389 e. The summed E-state index contributed by atoms with van der Waals surface area (Å²) in [5.74, 6) is 0.0998. The zero-order chi connectivity index (χ0) is 16.0. The molecule has 128 valence electrons. The summed E-state index contributed by atoms with van der Waals surface area (Å²) in [6.45, 7) is 6.41. The number of hydrogen-bond donors (Lipinski definition) is 1. The maximum Gasteiger partial charge on any atom is 0.225 e. The minimum atomic E-state index is -0.735. The van der Waals surface area contributed by atoms with Gasteiger partial charge in [0.15, 0.2) is 0 Å². The first-order chi connectivity index (χ1) is 10.5. The molecule has 1 N–H and O–H groups in total. The van der Waals surface area contributed by atoms with Gasteiger partial charge in [-0.2, -0.15) is 0 Å². The van der Waals surface area contributed by atoms with Gasteiger partial charge >= 0.3 is 0 Å². The van der Waals surface area contributed by atoms with Crippen molar-refractivity contribution in [2.45, 2.75) is 50.5 Å². The van der Waals surface area contributed by atoms with Gasteiger partial charge < -0.3 is 19.8 Å². The molecule has 0 aromatic heterocycles. The summed E-state index contributed by atoms with van der Waals surface area (Å²) >= 11 is 0. The van der Waals surface area contributed by atoms with Crippen LogP contribution in [0.15, 0.2) is 0 Å². The van der Waals surface area contributed by atoms with Crippen LogP contribution < -0.4 is 0 Å². The minimum absolute atomic E-state index is 0.0998. The summed E-state index contributed by atoms with van der Waals surface area (Å²) in [5.41, 5.74) is -0.735. The van der Waals surface area contributed by atoms with Crippen molar-refractivity contribution < 1.29 is 9.90 Å². The van der Waals surface area contributed by atoms with Gasteiger partial charge in [-0.3, -0.25) is 4.79 Å². The average molecular weight is 311 g/mol. The Bertz CT molecular complexity index is 348. The Hall–Kier alpha value is -0.650. The Labute approximate surface area is 135 Å². The molecule has 5 heteroatoms. The molecule has 1 saturated heterocycles. The van der Waals surface area contributed by atoms with E-state index < -0.39 is 5.60 Å². The Balaban J connectivity index is 1.63. The molecule has 0 spiro atoms. The second-order valence-corrected chi connectivity index (χ2v) is 7.28. The lowest BCUT2D eigenvalue weighted by molar-refractivity contribution is -0.136. The molecule has 2 rings (SSSR count). The fourth-order valence-electron chi connectivity index (χ4n) is 3.53. The fourth-order valence-corrected chi connectivity index (χ4v) is 3.53. The number of carbonyl (C=O) groups is 1. The zero-order valence-electron chi connectivity index (χ0n) is 14.4. The van der Waals surface area contributed by atoms with Crippen LogP contribution >= 0.6 is 0 Å². The quantitative estimate of drug-likeness (QED) is 0.800. The third-order valence-corrected chi connectivity index (χ3v) is 5.25. The van der Waals surface area contributed by atoms with E-state index in [9.17, 15) is 9.90 Å². The van der Waals surface area contributed by atoms with Crippen LogP contribution in [0.5, 0.6) is 0 Å². The molecular weight excluding hydrogens is 278 g/mol. The van der Waals surface area contributed by atoms with E-state index in [1.807, 2.05) is 11.9 Å². The SMILES string of the molecule is CN1CCN(CCCN(C)C(=O)CC2(O)CCCCC2)CC1. The average Bonchev–Trinajstić information content (AvgIpc) is 2.49. The number of piperazine rings is 1. The highest BCUT2D eigenvalue weighted by Crippen LogP contribution is 2.31. The van der Waals surface area contributed by atoms with Crippen molar-refractivity contribution in [1.82, 2.24) is 14.7 Å². The van der Waals surface area contributed by atoms with E-state index in [-0.39, 0.29) is 5.91 Å². The highest BCUT2D eigenvalue weighted by molar-refractivity contribution is 5.77. The van der Waals surface area contributed by atoms with Crippen molar-refractivity contribution in [3.05, 3.63) is 0 Å². The molecule has 0 aromatic carbocycles. The van der Waals surface area contributed by atoms with Crippen LogP contribution in [0.4, 0.5) is 0 Å².